The van der Waals surface area contributed by atoms with Gasteiger partial charge in [0.15, 0.2) is 0 Å². The van der Waals surface area contributed by atoms with Crippen molar-refractivity contribution in [1.29, 1.82) is 0 Å². The van der Waals surface area contributed by atoms with E-state index in [2.05, 4.69) is 9.97 Å². The third kappa shape index (κ3) is 3.50. The van der Waals surface area contributed by atoms with Crippen molar-refractivity contribution >= 4 is 11.6 Å². The van der Waals surface area contributed by atoms with E-state index in [0.29, 0.717) is 10.7 Å². The van der Waals surface area contributed by atoms with Crippen LogP contribution in [0.4, 0.5) is 4.39 Å². The minimum absolute atomic E-state index is 0.151. The van der Waals surface area contributed by atoms with Crippen LogP contribution in [-0.2, 0) is 12.8 Å². The molecule has 94 valence electrons. The van der Waals surface area contributed by atoms with Gasteiger partial charge in [0, 0.05) is 0 Å². The summed E-state index contributed by atoms with van der Waals surface area (Å²) in [5.41, 5.74) is 2.77. The largest absolute Gasteiger partial charge is 0.256 e. The lowest BCUT2D eigenvalue weighted by molar-refractivity contribution is 0.617. The Bertz CT molecular complexity index is 526. The quantitative estimate of drug-likeness (QED) is 0.840. The highest BCUT2D eigenvalue weighted by Crippen LogP contribution is 2.12. The Hall–Kier alpha value is -1.48. The molecule has 2 nitrogen and oxygen atoms in total. The minimum atomic E-state index is -0.151. The Balaban J connectivity index is 1.88. The molecule has 4 heteroatoms. The summed E-state index contributed by atoms with van der Waals surface area (Å²) in [6.45, 7) is 1.78. The highest BCUT2D eigenvalue weighted by molar-refractivity contribution is 6.29. The molecule has 1 aromatic carbocycles. The molecule has 0 aliphatic rings. The lowest BCUT2D eigenvalue weighted by atomic mass is 10.0. The first-order chi connectivity index (χ1) is 8.65. The number of aryl methyl sites for hydroxylation is 3. The fourth-order valence-corrected chi connectivity index (χ4v) is 1.90. The topological polar surface area (TPSA) is 25.8 Å². The molecule has 0 spiro atoms. The van der Waals surface area contributed by atoms with Gasteiger partial charge in [0.1, 0.15) is 11.0 Å². The van der Waals surface area contributed by atoms with Crippen LogP contribution in [0.2, 0.25) is 5.15 Å². The third-order valence-electron chi connectivity index (χ3n) is 2.79. The molecule has 0 aliphatic carbocycles. The van der Waals surface area contributed by atoms with Gasteiger partial charge in [-0.3, -0.25) is 4.98 Å². The van der Waals surface area contributed by atoms with Crippen LogP contribution in [0, 0.1) is 12.7 Å². The number of rotatable bonds is 4. The zero-order chi connectivity index (χ0) is 13.0. The highest BCUT2D eigenvalue weighted by atomic mass is 35.5. The van der Waals surface area contributed by atoms with Crippen molar-refractivity contribution in [2.75, 3.05) is 0 Å². The van der Waals surface area contributed by atoms with E-state index in [1.54, 1.807) is 19.3 Å². The van der Waals surface area contributed by atoms with Gasteiger partial charge in [0.2, 0.25) is 0 Å². The van der Waals surface area contributed by atoms with Gasteiger partial charge in [0.25, 0.3) is 0 Å². The molecule has 2 rings (SSSR count). The van der Waals surface area contributed by atoms with E-state index in [-0.39, 0.29) is 5.82 Å². The average molecular weight is 265 g/mol. The van der Waals surface area contributed by atoms with Crippen LogP contribution in [0.5, 0.6) is 0 Å². The molecule has 0 atom stereocenters. The first-order valence-electron chi connectivity index (χ1n) is 5.86. The van der Waals surface area contributed by atoms with Gasteiger partial charge in [-0.1, -0.05) is 23.7 Å². The molecule has 0 saturated carbocycles. The van der Waals surface area contributed by atoms with Crippen molar-refractivity contribution < 1.29 is 4.39 Å². The number of hydrogen-bond acceptors (Lipinski definition) is 2. The Morgan fingerprint density at radius 1 is 1.17 bits per heavy atom. The standard InChI is InChI=1S/C14H14ClFN2/c1-10-7-11(5-6-13(10)16)3-2-4-12-8-18-14(15)9-17-12/h5-9H,2-4H2,1H3. The SMILES string of the molecule is Cc1cc(CCCc2cnc(Cl)cn2)ccc1F. The molecule has 0 bridgehead atoms. The van der Waals surface area contributed by atoms with Gasteiger partial charge in [0.05, 0.1) is 18.1 Å². The van der Waals surface area contributed by atoms with E-state index >= 15 is 0 Å². The van der Waals surface area contributed by atoms with Crippen LogP contribution in [-0.4, -0.2) is 9.97 Å². The molecule has 0 aliphatic heterocycles. The fourth-order valence-electron chi connectivity index (χ4n) is 1.80. The maximum absolute atomic E-state index is 13.1. The van der Waals surface area contributed by atoms with Crippen LogP contribution < -0.4 is 0 Å². The lowest BCUT2D eigenvalue weighted by Crippen LogP contribution is -1.95. The molecule has 0 amide bonds. The van der Waals surface area contributed by atoms with E-state index in [4.69, 9.17) is 11.6 Å². The monoisotopic (exact) mass is 264 g/mol. The first kappa shape index (κ1) is 13.0. The van der Waals surface area contributed by atoms with Gasteiger partial charge >= 0.3 is 0 Å². The first-order valence-corrected chi connectivity index (χ1v) is 6.24. The van der Waals surface area contributed by atoms with Crippen LogP contribution in [0.1, 0.15) is 23.2 Å². The number of aromatic nitrogens is 2. The summed E-state index contributed by atoms with van der Waals surface area (Å²) in [6, 6.07) is 5.24. The maximum Gasteiger partial charge on any atom is 0.147 e. The summed E-state index contributed by atoms with van der Waals surface area (Å²) in [5, 5.41) is 0.410. The van der Waals surface area contributed by atoms with E-state index in [1.165, 1.54) is 6.07 Å². The van der Waals surface area contributed by atoms with E-state index in [9.17, 15) is 4.39 Å². The van der Waals surface area contributed by atoms with Crippen molar-refractivity contribution in [1.82, 2.24) is 9.97 Å². The smallest absolute Gasteiger partial charge is 0.147 e. The predicted octanol–water partition coefficient (Wildman–Crippen LogP) is 3.75. The second-order valence-electron chi connectivity index (χ2n) is 4.27. The average Bonchev–Trinajstić information content (AvgIpc) is 2.36. The summed E-state index contributed by atoms with van der Waals surface area (Å²) in [6.07, 6.45) is 5.96. The molecule has 2 aromatic rings. The molecule has 18 heavy (non-hydrogen) atoms. The Morgan fingerprint density at radius 3 is 2.67 bits per heavy atom. The van der Waals surface area contributed by atoms with Gasteiger partial charge in [-0.05, 0) is 43.4 Å². The summed E-state index contributed by atoms with van der Waals surface area (Å²) < 4.78 is 13.1. The zero-order valence-corrected chi connectivity index (χ0v) is 10.9. The molecule has 0 fully saturated rings. The molecule has 0 unspecified atom stereocenters. The van der Waals surface area contributed by atoms with Crippen molar-refractivity contribution in [3.05, 3.63) is 58.4 Å². The minimum Gasteiger partial charge on any atom is -0.256 e. The van der Waals surface area contributed by atoms with Gasteiger partial charge in [-0.25, -0.2) is 9.37 Å². The van der Waals surface area contributed by atoms with E-state index in [1.807, 2.05) is 12.1 Å². The Morgan fingerprint density at radius 2 is 2.00 bits per heavy atom. The predicted molar refractivity (Wildman–Crippen MR) is 70.2 cm³/mol. The molecular formula is C14H14ClFN2. The van der Waals surface area contributed by atoms with Gasteiger partial charge in [-0.2, -0.15) is 0 Å². The molecule has 1 heterocycles. The number of benzene rings is 1. The van der Waals surface area contributed by atoms with Gasteiger partial charge < -0.3 is 0 Å². The maximum atomic E-state index is 13.1. The Labute approximate surface area is 111 Å². The van der Waals surface area contributed by atoms with E-state index < -0.39 is 0 Å². The fraction of sp³-hybridized carbons (Fsp3) is 0.286. The molecule has 0 N–H and O–H groups in total. The van der Waals surface area contributed by atoms with Crippen LogP contribution in [0.15, 0.2) is 30.6 Å². The van der Waals surface area contributed by atoms with Crippen molar-refractivity contribution in [3.63, 3.8) is 0 Å². The molecule has 0 radical (unpaired) electrons. The van der Waals surface area contributed by atoms with Crippen molar-refractivity contribution in [2.24, 2.45) is 0 Å². The van der Waals surface area contributed by atoms with E-state index in [0.717, 1.165) is 30.5 Å². The van der Waals surface area contributed by atoms with Crippen molar-refractivity contribution in [3.8, 4) is 0 Å². The highest BCUT2D eigenvalue weighted by Gasteiger charge is 2.01. The lowest BCUT2D eigenvalue weighted by Gasteiger charge is -2.03. The summed E-state index contributed by atoms with van der Waals surface area (Å²) in [5.74, 6) is -0.151. The summed E-state index contributed by atoms with van der Waals surface area (Å²) in [4.78, 5) is 8.17. The van der Waals surface area contributed by atoms with Crippen LogP contribution in [0.3, 0.4) is 0 Å². The van der Waals surface area contributed by atoms with Crippen LogP contribution in [0.25, 0.3) is 0 Å². The Kier molecular flexibility index (Phi) is 4.26. The van der Waals surface area contributed by atoms with Crippen LogP contribution >= 0.6 is 11.6 Å². The molecule has 1 aromatic heterocycles. The summed E-state index contributed by atoms with van der Waals surface area (Å²) >= 11 is 5.66. The third-order valence-corrected chi connectivity index (χ3v) is 2.99. The second kappa shape index (κ2) is 5.91. The molecule has 0 saturated heterocycles. The normalized spacial score (nSPS) is 10.6. The summed E-state index contributed by atoms with van der Waals surface area (Å²) in [7, 11) is 0. The zero-order valence-electron chi connectivity index (χ0n) is 10.2. The number of hydrogen-bond donors (Lipinski definition) is 0. The van der Waals surface area contributed by atoms with Gasteiger partial charge in [-0.15, -0.1) is 0 Å². The second-order valence-corrected chi connectivity index (χ2v) is 4.65. The number of halogens is 2. The molecular weight excluding hydrogens is 251 g/mol. The van der Waals surface area contributed by atoms with Crippen molar-refractivity contribution in [2.45, 2.75) is 26.2 Å². The number of nitrogens with zero attached hydrogens (tertiary/aromatic N) is 2.